The van der Waals surface area contributed by atoms with Crippen molar-refractivity contribution in [3.05, 3.63) is 59.7 Å². The molecule has 0 aliphatic heterocycles. The minimum atomic E-state index is -0.265. The van der Waals surface area contributed by atoms with Gasteiger partial charge in [0, 0.05) is 21.2 Å². The Bertz CT molecular complexity index is 1010. The van der Waals surface area contributed by atoms with E-state index in [4.69, 9.17) is 9.15 Å². The number of ether oxygens (including phenoxy) is 1. The fraction of sp³-hybridized carbons (Fsp3) is 0.150. The number of rotatable bonds is 4. The Balaban J connectivity index is 1.97. The third-order valence-corrected chi connectivity index (χ3v) is 4.92. The molecule has 2 aromatic heterocycles. The Hall–Kier alpha value is -2.59. The molecule has 120 valence electrons. The zero-order valence-corrected chi connectivity index (χ0v) is 14.1. The first-order valence-electron chi connectivity index (χ1n) is 7.90. The van der Waals surface area contributed by atoms with Gasteiger partial charge in [0.15, 0.2) is 0 Å². The third kappa shape index (κ3) is 2.49. The molecular formula is C20H16O3S. The van der Waals surface area contributed by atoms with Crippen LogP contribution in [0.25, 0.3) is 32.2 Å². The van der Waals surface area contributed by atoms with E-state index in [1.807, 2.05) is 36.6 Å². The van der Waals surface area contributed by atoms with E-state index in [0.717, 1.165) is 32.2 Å². The molecule has 0 fully saturated rings. The van der Waals surface area contributed by atoms with E-state index in [-0.39, 0.29) is 12.4 Å². The number of carbonyl (C=O) groups excluding carboxylic acids is 1. The van der Waals surface area contributed by atoms with E-state index in [9.17, 15) is 4.79 Å². The lowest BCUT2D eigenvalue weighted by molar-refractivity contribution is -0.142. The van der Waals surface area contributed by atoms with Gasteiger partial charge in [-0.2, -0.15) is 0 Å². The second-order valence-corrected chi connectivity index (χ2v) is 6.47. The summed E-state index contributed by atoms with van der Waals surface area (Å²) in [5, 5.41) is 5.25. The molecule has 24 heavy (non-hydrogen) atoms. The van der Waals surface area contributed by atoms with E-state index in [1.54, 1.807) is 11.3 Å². The molecule has 0 unspecified atom stereocenters. The van der Waals surface area contributed by atoms with E-state index < -0.39 is 0 Å². The molecule has 0 saturated heterocycles. The second-order valence-electron chi connectivity index (χ2n) is 5.52. The van der Waals surface area contributed by atoms with Crippen molar-refractivity contribution in [3.8, 4) is 10.4 Å². The maximum absolute atomic E-state index is 12.0. The van der Waals surface area contributed by atoms with Crippen LogP contribution in [0.1, 0.15) is 12.7 Å². The molecule has 3 nitrogen and oxygen atoms in total. The van der Waals surface area contributed by atoms with E-state index in [2.05, 4.69) is 24.3 Å². The normalized spacial score (nSPS) is 11.2. The fourth-order valence-electron chi connectivity index (χ4n) is 3.03. The summed E-state index contributed by atoms with van der Waals surface area (Å²) in [6.07, 6.45) is 0.143. The molecule has 0 spiro atoms. The lowest BCUT2D eigenvalue weighted by atomic mass is 10.0. The zero-order chi connectivity index (χ0) is 16.5. The molecule has 0 aliphatic carbocycles. The molecule has 4 rings (SSSR count). The van der Waals surface area contributed by atoms with Crippen molar-refractivity contribution < 1.29 is 13.9 Å². The van der Waals surface area contributed by atoms with Gasteiger partial charge in [0.25, 0.3) is 0 Å². The van der Waals surface area contributed by atoms with E-state index in [0.29, 0.717) is 12.4 Å². The van der Waals surface area contributed by atoms with Crippen LogP contribution in [0.4, 0.5) is 0 Å². The summed E-state index contributed by atoms with van der Waals surface area (Å²) < 4.78 is 11.3. The molecule has 0 aliphatic rings. The summed E-state index contributed by atoms with van der Waals surface area (Å²) in [5.74, 6) is 0.404. The highest BCUT2D eigenvalue weighted by Crippen LogP contribution is 2.40. The molecule has 0 radical (unpaired) electrons. The van der Waals surface area contributed by atoms with E-state index in [1.165, 1.54) is 0 Å². The van der Waals surface area contributed by atoms with Crippen LogP contribution in [-0.2, 0) is 16.0 Å². The van der Waals surface area contributed by atoms with Gasteiger partial charge in [-0.3, -0.25) is 4.79 Å². The van der Waals surface area contributed by atoms with Crippen molar-refractivity contribution in [1.29, 1.82) is 0 Å². The first-order chi connectivity index (χ1) is 11.8. The van der Waals surface area contributed by atoms with Crippen LogP contribution in [-0.4, -0.2) is 12.6 Å². The van der Waals surface area contributed by atoms with Gasteiger partial charge in [0.1, 0.15) is 17.8 Å². The molecule has 0 amide bonds. The zero-order valence-electron chi connectivity index (χ0n) is 13.2. The van der Waals surface area contributed by atoms with Crippen molar-refractivity contribution in [2.75, 3.05) is 6.61 Å². The maximum atomic E-state index is 12.0. The van der Waals surface area contributed by atoms with Crippen molar-refractivity contribution in [2.24, 2.45) is 0 Å². The molecular weight excluding hydrogens is 320 g/mol. The minimum Gasteiger partial charge on any atom is -0.466 e. The van der Waals surface area contributed by atoms with Crippen LogP contribution in [0.15, 0.2) is 58.3 Å². The third-order valence-electron chi connectivity index (χ3n) is 4.03. The average Bonchev–Trinajstić information content (AvgIpc) is 3.21. The lowest BCUT2D eigenvalue weighted by Gasteiger charge is -2.01. The number of carbonyl (C=O) groups is 1. The number of esters is 1. The van der Waals surface area contributed by atoms with Crippen molar-refractivity contribution in [1.82, 2.24) is 0 Å². The topological polar surface area (TPSA) is 39.4 Å². The smallest absolute Gasteiger partial charge is 0.313 e. The maximum Gasteiger partial charge on any atom is 0.313 e. The van der Waals surface area contributed by atoms with Gasteiger partial charge in [0.2, 0.25) is 0 Å². The number of fused-ring (bicyclic) bond motifs is 3. The van der Waals surface area contributed by atoms with Gasteiger partial charge in [-0.1, -0.05) is 36.4 Å². The van der Waals surface area contributed by atoms with Crippen LogP contribution >= 0.6 is 11.3 Å². The predicted molar refractivity (Wildman–Crippen MR) is 97.4 cm³/mol. The number of hydrogen-bond acceptors (Lipinski definition) is 4. The van der Waals surface area contributed by atoms with Gasteiger partial charge in [-0.05, 0) is 29.8 Å². The summed E-state index contributed by atoms with van der Waals surface area (Å²) in [7, 11) is 0. The van der Waals surface area contributed by atoms with Crippen LogP contribution in [0.3, 0.4) is 0 Å². The van der Waals surface area contributed by atoms with Gasteiger partial charge in [0.05, 0.1) is 6.61 Å². The highest BCUT2D eigenvalue weighted by Gasteiger charge is 2.21. The summed E-state index contributed by atoms with van der Waals surface area (Å²) >= 11 is 1.64. The Kier molecular flexibility index (Phi) is 3.82. The molecule has 2 heterocycles. The molecule has 4 heteroatoms. The van der Waals surface area contributed by atoms with Crippen LogP contribution in [0.2, 0.25) is 0 Å². The Morgan fingerprint density at radius 3 is 2.75 bits per heavy atom. The second kappa shape index (κ2) is 6.13. The number of thiophene rings is 1. The highest BCUT2D eigenvalue weighted by molar-refractivity contribution is 7.13. The Labute approximate surface area is 143 Å². The fourth-order valence-corrected chi connectivity index (χ4v) is 3.84. The summed E-state index contributed by atoms with van der Waals surface area (Å²) in [6.45, 7) is 2.18. The molecule has 0 bridgehead atoms. The summed E-state index contributed by atoms with van der Waals surface area (Å²) in [4.78, 5) is 13.1. The molecule has 0 saturated carbocycles. The molecule has 0 atom stereocenters. The summed E-state index contributed by atoms with van der Waals surface area (Å²) in [5.41, 5.74) is 1.83. The number of furan rings is 1. The minimum absolute atomic E-state index is 0.143. The SMILES string of the molecule is CCOC(=O)Cc1oc2c(ccc3ccccc32)c1-c1cccs1. The Morgan fingerprint density at radius 2 is 1.96 bits per heavy atom. The summed E-state index contributed by atoms with van der Waals surface area (Å²) in [6, 6.07) is 16.4. The molecule has 4 aromatic rings. The van der Waals surface area contributed by atoms with Crippen LogP contribution < -0.4 is 0 Å². The Morgan fingerprint density at radius 1 is 1.08 bits per heavy atom. The quantitative estimate of drug-likeness (QED) is 0.467. The predicted octanol–water partition coefficient (Wildman–Crippen LogP) is 5.42. The highest BCUT2D eigenvalue weighted by atomic mass is 32.1. The first kappa shape index (κ1) is 15.0. The number of hydrogen-bond donors (Lipinski definition) is 0. The van der Waals surface area contributed by atoms with Crippen molar-refractivity contribution >= 4 is 39.0 Å². The monoisotopic (exact) mass is 336 g/mol. The first-order valence-corrected chi connectivity index (χ1v) is 8.78. The largest absolute Gasteiger partial charge is 0.466 e. The number of benzene rings is 2. The molecule has 2 aromatic carbocycles. The van der Waals surface area contributed by atoms with Crippen LogP contribution in [0.5, 0.6) is 0 Å². The van der Waals surface area contributed by atoms with Crippen molar-refractivity contribution in [2.45, 2.75) is 13.3 Å². The van der Waals surface area contributed by atoms with Gasteiger partial charge >= 0.3 is 5.97 Å². The van der Waals surface area contributed by atoms with Gasteiger partial charge < -0.3 is 9.15 Å². The lowest BCUT2D eigenvalue weighted by Crippen LogP contribution is -2.07. The van der Waals surface area contributed by atoms with Crippen molar-refractivity contribution in [3.63, 3.8) is 0 Å². The van der Waals surface area contributed by atoms with Crippen LogP contribution in [0, 0.1) is 0 Å². The van der Waals surface area contributed by atoms with Gasteiger partial charge in [-0.25, -0.2) is 0 Å². The standard InChI is InChI=1S/C20H16O3S/c1-2-22-18(21)12-16-19(17-8-5-11-24-17)15-10-9-13-6-3-4-7-14(13)20(15)23-16/h3-11H,2,12H2,1H3. The molecule has 0 N–H and O–H groups in total. The average molecular weight is 336 g/mol. The van der Waals surface area contributed by atoms with Gasteiger partial charge in [-0.15, -0.1) is 11.3 Å². The van der Waals surface area contributed by atoms with E-state index >= 15 is 0 Å².